The molecular formula is C15H18N2O2S. The van der Waals surface area contributed by atoms with Crippen LogP contribution in [-0.4, -0.2) is 15.5 Å². The minimum absolute atomic E-state index is 0.243. The molecule has 2 aromatic rings. The van der Waals surface area contributed by atoms with Crippen LogP contribution in [0.3, 0.4) is 0 Å². The largest absolute Gasteiger partial charge is 0.399 e. The highest BCUT2D eigenvalue weighted by atomic mass is 32.2. The topological polar surface area (TPSA) is 63.4 Å². The number of anilines is 2. The van der Waals surface area contributed by atoms with Gasteiger partial charge in [0.15, 0.2) is 0 Å². The fourth-order valence-electron chi connectivity index (χ4n) is 1.86. The monoisotopic (exact) mass is 290 g/mol. The van der Waals surface area contributed by atoms with Crippen LogP contribution in [0.2, 0.25) is 0 Å². The van der Waals surface area contributed by atoms with Gasteiger partial charge in [-0.1, -0.05) is 17.7 Å². The SMILES string of the molecule is Cc1ccc(N(C)S(=O)(=O)c2ccc(N)c(C)c2)cc1. The number of nitrogens with two attached hydrogens (primary N) is 1. The lowest BCUT2D eigenvalue weighted by Crippen LogP contribution is -2.26. The van der Waals surface area contributed by atoms with Crippen molar-refractivity contribution >= 4 is 21.4 Å². The van der Waals surface area contributed by atoms with Gasteiger partial charge in [-0.05, 0) is 49.7 Å². The quantitative estimate of drug-likeness (QED) is 0.884. The van der Waals surface area contributed by atoms with Gasteiger partial charge in [-0.2, -0.15) is 0 Å². The summed E-state index contributed by atoms with van der Waals surface area (Å²) in [7, 11) is -2.02. The molecule has 2 rings (SSSR count). The smallest absolute Gasteiger partial charge is 0.264 e. The molecule has 2 N–H and O–H groups in total. The summed E-state index contributed by atoms with van der Waals surface area (Å²) in [5, 5.41) is 0. The Morgan fingerprint density at radius 1 is 1.00 bits per heavy atom. The van der Waals surface area contributed by atoms with Crippen LogP contribution >= 0.6 is 0 Å². The van der Waals surface area contributed by atoms with Crippen LogP contribution in [0.15, 0.2) is 47.4 Å². The average molecular weight is 290 g/mol. The van der Waals surface area contributed by atoms with Gasteiger partial charge in [-0.15, -0.1) is 0 Å². The van der Waals surface area contributed by atoms with E-state index < -0.39 is 10.0 Å². The van der Waals surface area contributed by atoms with E-state index in [2.05, 4.69) is 0 Å². The predicted molar refractivity (Wildman–Crippen MR) is 82.4 cm³/mol. The lowest BCUT2D eigenvalue weighted by molar-refractivity contribution is 0.594. The fraction of sp³-hybridized carbons (Fsp3) is 0.200. The van der Waals surface area contributed by atoms with Gasteiger partial charge in [0.2, 0.25) is 0 Å². The summed E-state index contributed by atoms with van der Waals surface area (Å²) in [6.45, 7) is 3.75. The third-order valence-corrected chi connectivity index (χ3v) is 5.08. The zero-order chi connectivity index (χ0) is 14.9. The van der Waals surface area contributed by atoms with E-state index in [0.29, 0.717) is 11.4 Å². The minimum Gasteiger partial charge on any atom is -0.399 e. The minimum atomic E-state index is -3.57. The highest BCUT2D eigenvalue weighted by Crippen LogP contribution is 2.24. The van der Waals surface area contributed by atoms with E-state index in [1.165, 1.54) is 10.4 Å². The molecule has 0 saturated carbocycles. The van der Waals surface area contributed by atoms with Crippen molar-refractivity contribution in [3.8, 4) is 0 Å². The number of nitrogen functional groups attached to an aromatic ring is 1. The lowest BCUT2D eigenvalue weighted by Gasteiger charge is -2.20. The van der Waals surface area contributed by atoms with Gasteiger partial charge in [0.25, 0.3) is 10.0 Å². The fourth-order valence-corrected chi connectivity index (χ4v) is 3.14. The molecular weight excluding hydrogens is 272 g/mol. The number of sulfonamides is 1. The van der Waals surface area contributed by atoms with E-state index >= 15 is 0 Å². The first-order valence-electron chi connectivity index (χ1n) is 6.24. The first kappa shape index (κ1) is 14.4. The highest BCUT2D eigenvalue weighted by Gasteiger charge is 2.21. The first-order valence-corrected chi connectivity index (χ1v) is 7.68. The van der Waals surface area contributed by atoms with Gasteiger partial charge in [0.05, 0.1) is 10.6 Å². The third-order valence-electron chi connectivity index (χ3n) is 3.30. The van der Waals surface area contributed by atoms with Crippen LogP contribution in [0, 0.1) is 13.8 Å². The van der Waals surface area contributed by atoms with Crippen molar-refractivity contribution < 1.29 is 8.42 Å². The van der Waals surface area contributed by atoms with Crippen molar-refractivity contribution in [3.05, 3.63) is 53.6 Å². The molecule has 20 heavy (non-hydrogen) atoms. The maximum Gasteiger partial charge on any atom is 0.264 e. The zero-order valence-electron chi connectivity index (χ0n) is 11.8. The molecule has 2 aromatic carbocycles. The summed E-state index contributed by atoms with van der Waals surface area (Å²) in [6.07, 6.45) is 0. The maximum atomic E-state index is 12.6. The molecule has 0 aromatic heterocycles. The molecule has 0 aliphatic carbocycles. The van der Waals surface area contributed by atoms with Crippen LogP contribution in [0.25, 0.3) is 0 Å². The number of nitrogens with zero attached hydrogens (tertiary/aromatic N) is 1. The lowest BCUT2D eigenvalue weighted by atomic mass is 10.2. The Kier molecular flexibility index (Phi) is 3.72. The number of benzene rings is 2. The summed E-state index contributed by atoms with van der Waals surface area (Å²) < 4.78 is 26.4. The van der Waals surface area contributed by atoms with Gasteiger partial charge in [-0.25, -0.2) is 8.42 Å². The molecule has 0 radical (unpaired) electrons. The van der Waals surface area contributed by atoms with Crippen molar-refractivity contribution in [2.45, 2.75) is 18.7 Å². The predicted octanol–water partition coefficient (Wildman–Crippen LogP) is 2.71. The highest BCUT2D eigenvalue weighted by molar-refractivity contribution is 7.92. The standard InChI is InChI=1S/C15H18N2O2S/c1-11-4-6-13(7-5-11)17(3)20(18,19)14-8-9-15(16)12(2)10-14/h4-10H,16H2,1-3H3. The van der Waals surface area contributed by atoms with Crippen LogP contribution in [0.5, 0.6) is 0 Å². The number of hydrogen-bond acceptors (Lipinski definition) is 3. The van der Waals surface area contributed by atoms with Gasteiger partial charge < -0.3 is 5.73 Å². The average Bonchev–Trinajstić information content (AvgIpc) is 2.41. The first-order chi connectivity index (χ1) is 9.32. The Morgan fingerprint density at radius 3 is 2.15 bits per heavy atom. The van der Waals surface area contributed by atoms with Gasteiger partial charge >= 0.3 is 0 Å². The van der Waals surface area contributed by atoms with E-state index in [1.54, 1.807) is 38.2 Å². The Morgan fingerprint density at radius 2 is 1.60 bits per heavy atom. The van der Waals surface area contributed by atoms with Gasteiger partial charge in [0, 0.05) is 12.7 Å². The zero-order valence-corrected chi connectivity index (χ0v) is 12.6. The second kappa shape index (κ2) is 5.17. The van der Waals surface area contributed by atoms with Crippen molar-refractivity contribution in [2.75, 3.05) is 17.1 Å². The van der Waals surface area contributed by atoms with E-state index in [0.717, 1.165) is 11.1 Å². The van der Waals surface area contributed by atoms with E-state index in [9.17, 15) is 8.42 Å². The number of aryl methyl sites for hydroxylation is 2. The summed E-state index contributed by atoms with van der Waals surface area (Å²) in [6, 6.07) is 12.1. The van der Waals surface area contributed by atoms with Crippen LogP contribution < -0.4 is 10.0 Å². The second-order valence-corrected chi connectivity index (χ2v) is 6.80. The normalized spacial score (nSPS) is 11.3. The van der Waals surface area contributed by atoms with Crippen LogP contribution in [-0.2, 0) is 10.0 Å². The Hall–Kier alpha value is -2.01. The Labute approximate surface area is 119 Å². The molecule has 0 unspecified atom stereocenters. The van der Waals surface area contributed by atoms with Gasteiger partial charge in [-0.3, -0.25) is 4.31 Å². The molecule has 0 saturated heterocycles. The van der Waals surface area contributed by atoms with E-state index in [1.807, 2.05) is 19.1 Å². The molecule has 0 heterocycles. The van der Waals surface area contributed by atoms with Crippen LogP contribution in [0.1, 0.15) is 11.1 Å². The second-order valence-electron chi connectivity index (χ2n) is 4.83. The van der Waals surface area contributed by atoms with Crippen molar-refractivity contribution in [1.82, 2.24) is 0 Å². The third kappa shape index (κ3) is 2.63. The molecule has 0 bridgehead atoms. The molecule has 0 atom stereocenters. The molecule has 4 nitrogen and oxygen atoms in total. The summed E-state index contributed by atoms with van der Waals surface area (Å²) in [4.78, 5) is 0.243. The molecule has 0 spiro atoms. The summed E-state index contributed by atoms with van der Waals surface area (Å²) in [5.41, 5.74) is 8.78. The molecule has 0 fully saturated rings. The number of hydrogen-bond donors (Lipinski definition) is 1. The molecule has 5 heteroatoms. The molecule has 0 aliphatic heterocycles. The van der Waals surface area contributed by atoms with E-state index in [-0.39, 0.29) is 4.90 Å². The maximum absolute atomic E-state index is 12.6. The number of rotatable bonds is 3. The summed E-state index contributed by atoms with van der Waals surface area (Å²) in [5.74, 6) is 0. The van der Waals surface area contributed by atoms with Gasteiger partial charge in [0.1, 0.15) is 0 Å². The summed E-state index contributed by atoms with van der Waals surface area (Å²) >= 11 is 0. The molecule has 106 valence electrons. The molecule has 0 aliphatic rings. The Bertz CT molecular complexity index is 722. The molecule has 0 amide bonds. The van der Waals surface area contributed by atoms with Crippen molar-refractivity contribution in [2.24, 2.45) is 0 Å². The van der Waals surface area contributed by atoms with E-state index in [4.69, 9.17) is 5.73 Å². The van der Waals surface area contributed by atoms with Crippen molar-refractivity contribution in [1.29, 1.82) is 0 Å². The Balaban J connectivity index is 2.43. The van der Waals surface area contributed by atoms with Crippen LogP contribution in [0.4, 0.5) is 11.4 Å². The van der Waals surface area contributed by atoms with Crippen molar-refractivity contribution in [3.63, 3.8) is 0 Å².